The van der Waals surface area contributed by atoms with Gasteiger partial charge in [-0.25, -0.2) is 4.98 Å². The van der Waals surface area contributed by atoms with E-state index in [4.69, 9.17) is 4.98 Å². The maximum atomic E-state index is 5.20. The van der Waals surface area contributed by atoms with Crippen LogP contribution in [0.5, 0.6) is 0 Å². The summed E-state index contributed by atoms with van der Waals surface area (Å²) in [5.41, 5.74) is 2.34. The first-order chi connectivity index (χ1) is 16.8. The van der Waals surface area contributed by atoms with Gasteiger partial charge in [-0.05, 0) is 48.6 Å². The summed E-state index contributed by atoms with van der Waals surface area (Å²) in [6.07, 6.45) is 1.10. The van der Waals surface area contributed by atoms with Gasteiger partial charge in [0.15, 0.2) is 12.3 Å². The van der Waals surface area contributed by atoms with E-state index in [-0.39, 0.29) is 24.0 Å². The standard InChI is InChI=1S/C30H28N2PS.HI/c1-2-23-34-30-29(31-28(32-30)24-15-7-3-8-16-24)33(25-17-9-4-10-18-25,26-19-11-5-12-20-26)27-21-13-6-14-22-27;/h3-22H,2,23H2,1H3,(H,31,32);1H/q+1;/p-1. The number of thioether (sulfide) groups is 1. The van der Waals surface area contributed by atoms with Crippen LogP contribution in [0, 0.1) is 0 Å². The van der Waals surface area contributed by atoms with Gasteiger partial charge in [0.25, 0.3) is 0 Å². The lowest BCUT2D eigenvalue weighted by Gasteiger charge is -2.26. The minimum atomic E-state index is -2.22. The monoisotopic (exact) mass is 606 g/mol. The molecule has 1 heterocycles. The maximum Gasteiger partial charge on any atom is 0.210 e. The molecule has 2 nitrogen and oxygen atoms in total. The van der Waals surface area contributed by atoms with Gasteiger partial charge in [-0.15, -0.1) is 11.8 Å². The van der Waals surface area contributed by atoms with Crippen LogP contribution in [-0.4, -0.2) is 15.7 Å². The highest BCUT2D eigenvalue weighted by molar-refractivity contribution is 8.04. The van der Waals surface area contributed by atoms with Gasteiger partial charge >= 0.3 is 0 Å². The van der Waals surface area contributed by atoms with Crippen LogP contribution in [0.15, 0.2) is 126 Å². The average Bonchev–Trinajstić information content (AvgIpc) is 3.35. The SMILES string of the molecule is CCCSc1nc(-c2ccccc2)[nH]c1[P+](c1ccccc1)(c1ccccc1)c1ccccc1.[I-]. The van der Waals surface area contributed by atoms with Crippen LogP contribution >= 0.6 is 19.0 Å². The largest absolute Gasteiger partial charge is 1.00 e. The molecule has 0 bridgehead atoms. The van der Waals surface area contributed by atoms with Crippen molar-refractivity contribution < 1.29 is 24.0 Å². The van der Waals surface area contributed by atoms with Gasteiger partial charge in [0, 0.05) is 5.56 Å². The van der Waals surface area contributed by atoms with Crippen molar-refractivity contribution in [1.82, 2.24) is 9.97 Å². The molecule has 176 valence electrons. The zero-order chi connectivity index (χ0) is 23.2. The number of H-pyrrole nitrogens is 1. The van der Waals surface area contributed by atoms with E-state index >= 15 is 0 Å². The van der Waals surface area contributed by atoms with Crippen LogP contribution in [0.25, 0.3) is 11.4 Å². The number of hydrogen-bond donors (Lipinski definition) is 1. The molecule has 5 heteroatoms. The van der Waals surface area contributed by atoms with E-state index in [1.54, 1.807) is 0 Å². The Bertz CT molecular complexity index is 1230. The smallest absolute Gasteiger partial charge is 0.210 e. The van der Waals surface area contributed by atoms with Gasteiger partial charge in [0.2, 0.25) is 5.44 Å². The third kappa shape index (κ3) is 5.11. The minimum absolute atomic E-state index is 0. The molecule has 0 aliphatic carbocycles. The number of nitrogens with zero attached hydrogens (tertiary/aromatic N) is 1. The van der Waals surface area contributed by atoms with Crippen molar-refractivity contribution in [2.45, 2.75) is 18.4 Å². The highest BCUT2D eigenvalue weighted by atomic mass is 127. The van der Waals surface area contributed by atoms with Crippen molar-refractivity contribution >= 4 is 40.4 Å². The fourth-order valence-corrected chi connectivity index (χ4v) is 9.88. The molecule has 0 saturated carbocycles. The highest BCUT2D eigenvalue weighted by Gasteiger charge is 2.51. The Balaban J connectivity index is 0.00000289. The zero-order valence-corrected chi connectivity index (χ0v) is 23.5. The molecule has 0 radical (unpaired) electrons. The lowest BCUT2D eigenvalue weighted by molar-refractivity contribution is -0.00000668. The van der Waals surface area contributed by atoms with Crippen molar-refractivity contribution in [1.29, 1.82) is 0 Å². The van der Waals surface area contributed by atoms with E-state index in [9.17, 15) is 0 Å². The fraction of sp³-hybridized carbons (Fsp3) is 0.100. The summed E-state index contributed by atoms with van der Waals surface area (Å²) in [6.45, 7) is 2.23. The van der Waals surface area contributed by atoms with Crippen molar-refractivity contribution in [2.75, 3.05) is 5.75 Å². The lowest BCUT2D eigenvalue weighted by Crippen LogP contribution is -3.00. The van der Waals surface area contributed by atoms with Crippen molar-refractivity contribution in [3.05, 3.63) is 121 Å². The molecule has 1 aromatic heterocycles. The molecule has 0 aliphatic rings. The topological polar surface area (TPSA) is 28.7 Å². The predicted octanol–water partition coefficient (Wildman–Crippen LogP) is 3.20. The van der Waals surface area contributed by atoms with Gasteiger partial charge in [0.1, 0.15) is 21.7 Å². The predicted molar refractivity (Wildman–Crippen MR) is 150 cm³/mol. The number of benzene rings is 4. The Morgan fingerprint density at radius 3 is 1.51 bits per heavy atom. The Morgan fingerprint density at radius 2 is 1.09 bits per heavy atom. The quantitative estimate of drug-likeness (QED) is 0.167. The molecule has 5 rings (SSSR count). The van der Waals surface area contributed by atoms with E-state index in [2.05, 4.69) is 133 Å². The summed E-state index contributed by atoms with van der Waals surface area (Å²) in [7, 11) is -2.22. The van der Waals surface area contributed by atoms with Crippen LogP contribution in [0.1, 0.15) is 13.3 Å². The number of aromatic amines is 1. The number of hydrogen-bond acceptors (Lipinski definition) is 2. The van der Waals surface area contributed by atoms with Crippen molar-refractivity contribution in [3.63, 3.8) is 0 Å². The first-order valence-electron chi connectivity index (χ1n) is 11.7. The van der Waals surface area contributed by atoms with E-state index in [1.165, 1.54) is 21.3 Å². The second-order valence-corrected chi connectivity index (χ2v) is 12.6. The van der Waals surface area contributed by atoms with Gasteiger partial charge in [-0.3, -0.25) is 0 Å². The first-order valence-corrected chi connectivity index (χ1v) is 14.5. The van der Waals surface area contributed by atoms with Gasteiger partial charge < -0.3 is 29.0 Å². The summed E-state index contributed by atoms with van der Waals surface area (Å²) < 4.78 is 0. The van der Waals surface area contributed by atoms with Gasteiger partial charge in [-0.1, -0.05) is 91.9 Å². The van der Waals surface area contributed by atoms with Crippen molar-refractivity contribution in [2.24, 2.45) is 0 Å². The molecular weight excluding hydrogens is 578 g/mol. The summed E-state index contributed by atoms with van der Waals surface area (Å²) in [6, 6.07) is 43.4. The number of imidazole rings is 1. The summed E-state index contributed by atoms with van der Waals surface area (Å²) in [4.78, 5) is 9.06. The third-order valence-electron chi connectivity index (χ3n) is 5.91. The van der Waals surface area contributed by atoms with Crippen LogP contribution in [0.4, 0.5) is 0 Å². The fourth-order valence-electron chi connectivity index (χ4n) is 4.40. The van der Waals surface area contributed by atoms with Crippen LogP contribution < -0.4 is 45.3 Å². The number of aromatic nitrogens is 2. The zero-order valence-electron chi connectivity index (χ0n) is 19.6. The number of halogens is 1. The maximum absolute atomic E-state index is 5.20. The molecule has 0 fully saturated rings. The summed E-state index contributed by atoms with van der Waals surface area (Å²) in [5.74, 6) is 1.96. The van der Waals surface area contributed by atoms with E-state index in [1.807, 2.05) is 11.8 Å². The molecule has 0 atom stereocenters. The molecule has 0 unspecified atom stereocenters. The normalized spacial score (nSPS) is 11.1. The first kappa shape index (κ1) is 25.7. The van der Waals surface area contributed by atoms with Crippen LogP contribution in [0.2, 0.25) is 0 Å². The molecule has 35 heavy (non-hydrogen) atoms. The average molecular weight is 607 g/mol. The van der Waals surface area contributed by atoms with E-state index in [0.717, 1.165) is 28.6 Å². The lowest BCUT2D eigenvalue weighted by atomic mass is 10.2. The molecule has 0 aliphatic heterocycles. The molecule has 1 N–H and O–H groups in total. The Kier molecular flexibility index (Phi) is 8.83. The molecule has 4 aromatic carbocycles. The molecule has 0 amide bonds. The van der Waals surface area contributed by atoms with Gasteiger partial charge in [0.05, 0.1) is 0 Å². The molecule has 5 aromatic rings. The Hall–Kier alpha value is -2.40. The summed E-state index contributed by atoms with van der Waals surface area (Å²) in [5, 5.41) is 5.09. The third-order valence-corrected chi connectivity index (χ3v) is 11.5. The van der Waals surface area contributed by atoms with E-state index in [0.29, 0.717) is 0 Å². The summed E-state index contributed by atoms with van der Waals surface area (Å²) >= 11 is 1.86. The Labute approximate surface area is 230 Å². The number of rotatable bonds is 8. The van der Waals surface area contributed by atoms with E-state index < -0.39 is 7.26 Å². The van der Waals surface area contributed by atoms with Crippen molar-refractivity contribution in [3.8, 4) is 11.4 Å². The number of nitrogens with one attached hydrogen (secondary N) is 1. The Morgan fingerprint density at radius 1 is 0.657 bits per heavy atom. The minimum Gasteiger partial charge on any atom is -1.00 e. The molecule has 0 saturated heterocycles. The van der Waals surface area contributed by atoms with Gasteiger partial charge in [-0.2, -0.15) is 0 Å². The highest BCUT2D eigenvalue weighted by Crippen LogP contribution is 2.55. The second kappa shape index (κ2) is 12.0. The molecular formula is C30H28IN2PS. The van der Waals surface area contributed by atoms with Crippen LogP contribution in [-0.2, 0) is 0 Å². The van der Waals surface area contributed by atoms with Crippen LogP contribution in [0.3, 0.4) is 0 Å². The molecule has 0 spiro atoms. The second-order valence-electron chi connectivity index (χ2n) is 8.13.